The summed E-state index contributed by atoms with van der Waals surface area (Å²) in [6.07, 6.45) is 1.75. The first-order valence-corrected chi connectivity index (χ1v) is 9.60. The first-order valence-electron chi connectivity index (χ1n) is 9.22. The third-order valence-electron chi connectivity index (χ3n) is 5.18. The molecule has 3 aromatic rings. The summed E-state index contributed by atoms with van der Waals surface area (Å²) in [5.74, 6) is -0.511. The molecule has 0 saturated carbocycles. The van der Waals surface area contributed by atoms with Gasteiger partial charge in [0.05, 0.1) is 11.6 Å². The van der Waals surface area contributed by atoms with Gasteiger partial charge < -0.3 is 15.1 Å². The third kappa shape index (κ3) is 3.43. The number of hydrogen-bond acceptors (Lipinski definition) is 3. The van der Waals surface area contributed by atoms with Gasteiger partial charge in [0.2, 0.25) is 0 Å². The Morgan fingerprint density at radius 2 is 1.82 bits per heavy atom. The van der Waals surface area contributed by atoms with E-state index in [0.717, 1.165) is 29.5 Å². The Bertz CT molecular complexity index is 1030. The van der Waals surface area contributed by atoms with E-state index >= 15 is 0 Å². The number of carbonyl (C=O) groups is 1. The largest absolute Gasteiger partial charge is 0.508 e. The minimum Gasteiger partial charge on any atom is -0.508 e. The van der Waals surface area contributed by atoms with E-state index in [1.807, 2.05) is 42.5 Å². The molecule has 0 spiro atoms. The van der Waals surface area contributed by atoms with Crippen LogP contribution in [0.1, 0.15) is 34.8 Å². The maximum Gasteiger partial charge on any atom is 0.258 e. The molecule has 0 bridgehead atoms. The summed E-state index contributed by atoms with van der Waals surface area (Å²) in [5, 5.41) is 20.2. The van der Waals surface area contributed by atoms with Crippen molar-refractivity contribution in [2.75, 3.05) is 6.54 Å². The Morgan fingerprint density at radius 3 is 2.61 bits per heavy atom. The molecular weight excluding hydrogens is 374 g/mol. The normalized spacial score (nSPS) is 16.3. The fourth-order valence-corrected chi connectivity index (χ4v) is 4.07. The minimum absolute atomic E-state index is 0.0665. The van der Waals surface area contributed by atoms with Gasteiger partial charge in [-0.05, 0) is 48.2 Å². The Labute approximate surface area is 168 Å². The van der Waals surface area contributed by atoms with Crippen LogP contribution < -0.4 is 0 Å². The van der Waals surface area contributed by atoms with E-state index in [1.54, 1.807) is 4.90 Å². The molecule has 0 aliphatic carbocycles. The van der Waals surface area contributed by atoms with Gasteiger partial charge in [0.15, 0.2) is 0 Å². The quantitative estimate of drug-likeness (QED) is 0.626. The zero-order chi connectivity index (χ0) is 19.7. The summed E-state index contributed by atoms with van der Waals surface area (Å²) >= 11 is 6.35. The Hall–Kier alpha value is -2.98. The van der Waals surface area contributed by atoms with Gasteiger partial charge in [0.1, 0.15) is 11.5 Å². The van der Waals surface area contributed by atoms with Crippen LogP contribution >= 0.6 is 11.6 Å². The minimum atomic E-state index is -0.233. The molecule has 4 rings (SSSR count). The number of aromatic hydroxyl groups is 2. The van der Waals surface area contributed by atoms with Crippen molar-refractivity contribution >= 4 is 17.5 Å². The van der Waals surface area contributed by atoms with Crippen LogP contribution in [-0.2, 0) is 0 Å². The topological polar surface area (TPSA) is 60.8 Å². The number of phenols is 2. The summed E-state index contributed by atoms with van der Waals surface area (Å²) in [6.45, 7) is 0.625. The van der Waals surface area contributed by atoms with Gasteiger partial charge in [-0.25, -0.2) is 0 Å². The van der Waals surface area contributed by atoms with Crippen LogP contribution in [0.15, 0.2) is 66.7 Å². The summed E-state index contributed by atoms with van der Waals surface area (Å²) in [4.78, 5) is 14.8. The average Bonchev–Trinajstić information content (AvgIpc) is 3.18. The SMILES string of the molecule is O=C(c1ccc(O)cc1O)N1CCCC1c1cccc(-c2ccccc2Cl)c1. The zero-order valence-corrected chi connectivity index (χ0v) is 15.9. The highest BCUT2D eigenvalue weighted by Gasteiger charge is 2.32. The van der Waals surface area contributed by atoms with E-state index in [9.17, 15) is 15.0 Å². The van der Waals surface area contributed by atoms with Crippen molar-refractivity contribution in [1.82, 2.24) is 4.90 Å². The molecule has 1 fully saturated rings. The van der Waals surface area contributed by atoms with Crippen molar-refractivity contribution in [3.63, 3.8) is 0 Å². The molecule has 4 nitrogen and oxygen atoms in total. The first kappa shape index (κ1) is 18.4. The lowest BCUT2D eigenvalue weighted by atomic mass is 9.98. The fourth-order valence-electron chi connectivity index (χ4n) is 3.82. The number of hydrogen-bond donors (Lipinski definition) is 2. The van der Waals surface area contributed by atoms with Gasteiger partial charge >= 0.3 is 0 Å². The molecular formula is C23H20ClNO3. The van der Waals surface area contributed by atoms with Crippen LogP contribution in [0.25, 0.3) is 11.1 Å². The molecule has 5 heteroatoms. The number of rotatable bonds is 3. The van der Waals surface area contributed by atoms with Gasteiger partial charge in [-0.15, -0.1) is 0 Å². The highest BCUT2D eigenvalue weighted by atomic mass is 35.5. The van der Waals surface area contributed by atoms with Crippen LogP contribution in [0.5, 0.6) is 11.5 Å². The molecule has 0 radical (unpaired) electrons. The average molecular weight is 394 g/mol. The van der Waals surface area contributed by atoms with Crippen LogP contribution in [-0.4, -0.2) is 27.6 Å². The van der Waals surface area contributed by atoms with Crippen LogP contribution in [0.2, 0.25) is 5.02 Å². The number of amides is 1. The summed E-state index contributed by atoms with van der Waals surface area (Å²) in [7, 11) is 0. The molecule has 1 unspecified atom stereocenters. The monoisotopic (exact) mass is 393 g/mol. The Morgan fingerprint density at radius 1 is 1.00 bits per heavy atom. The summed E-state index contributed by atoms with van der Waals surface area (Å²) in [5.41, 5.74) is 3.21. The molecule has 1 heterocycles. The standard InChI is InChI=1S/C23H20ClNO3/c24-20-8-2-1-7-18(20)15-5-3-6-16(13-15)21-9-4-12-25(21)23(28)19-11-10-17(26)14-22(19)27/h1-3,5-8,10-11,13-14,21,26-27H,4,9,12H2. The number of phenolic OH excluding ortho intramolecular Hbond substituents is 2. The van der Waals surface area contributed by atoms with Crippen LogP contribution in [0.4, 0.5) is 0 Å². The van der Waals surface area contributed by atoms with E-state index in [4.69, 9.17) is 11.6 Å². The lowest BCUT2D eigenvalue weighted by molar-refractivity contribution is 0.0732. The van der Waals surface area contributed by atoms with Crippen molar-refractivity contribution in [3.8, 4) is 22.6 Å². The lowest BCUT2D eigenvalue weighted by Gasteiger charge is -2.26. The molecule has 1 aliphatic rings. The Balaban J connectivity index is 1.66. The van der Waals surface area contributed by atoms with Crippen molar-refractivity contribution in [2.45, 2.75) is 18.9 Å². The molecule has 1 amide bonds. The van der Waals surface area contributed by atoms with Crippen molar-refractivity contribution in [1.29, 1.82) is 0 Å². The Kier molecular flexibility index (Phi) is 4.97. The van der Waals surface area contributed by atoms with Crippen LogP contribution in [0, 0.1) is 0 Å². The second-order valence-electron chi connectivity index (χ2n) is 6.96. The second-order valence-corrected chi connectivity index (χ2v) is 7.37. The molecule has 3 aromatic carbocycles. The first-order chi connectivity index (χ1) is 13.5. The summed E-state index contributed by atoms with van der Waals surface area (Å²) in [6, 6.07) is 19.8. The highest BCUT2D eigenvalue weighted by Crippen LogP contribution is 2.37. The predicted octanol–water partition coefficient (Wildman–Crippen LogP) is 5.40. The lowest BCUT2D eigenvalue weighted by Crippen LogP contribution is -2.30. The van der Waals surface area contributed by atoms with E-state index in [1.165, 1.54) is 18.2 Å². The predicted molar refractivity (Wildman–Crippen MR) is 110 cm³/mol. The molecule has 28 heavy (non-hydrogen) atoms. The van der Waals surface area contributed by atoms with E-state index < -0.39 is 0 Å². The number of halogens is 1. The number of nitrogens with zero attached hydrogens (tertiary/aromatic N) is 1. The molecule has 2 N–H and O–H groups in total. The van der Waals surface area contributed by atoms with Gasteiger partial charge in [-0.2, -0.15) is 0 Å². The van der Waals surface area contributed by atoms with Crippen LogP contribution in [0.3, 0.4) is 0 Å². The van der Waals surface area contributed by atoms with Crippen molar-refractivity contribution < 1.29 is 15.0 Å². The van der Waals surface area contributed by atoms with Gasteiger partial charge in [-0.3, -0.25) is 4.79 Å². The molecule has 0 aromatic heterocycles. The smallest absolute Gasteiger partial charge is 0.258 e. The summed E-state index contributed by atoms with van der Waals surface area (Å²) < 4.78 is 0. The molecule has 1 saturated heterocycles. The van der Waals surface area contributed by atoms with E-state index in [2.05, 4.69) is 6.07 Å². The van der Waals surface area contributed by atoms with Gasteiger partial charge in [-0.1, -0.05) is 48.0 Å². The number of benzene rings is 3. The van der Waals surface area contributed by atoms with Crippen molar-refractivity contribution in [3.05, 3.63) is 82.9 Å². The van der Waals surface area contributed by atoms with E-state index in [-0.39, 0.29) is 29.0 Å². The van der Waals surface area contributed by atoms with Gasteiger partial charge in [0, 0.05) is 23.2 Å². The van der Waals surface area contributed by atoms with Gasteiger partial charge in [0.25, 0.3) is 5.91 Å². The number of likely N-dealkylation sites (tertiary alicyclic amines) is 1. The molecule has 1 aliphatic heterocycles. The molecule has 142 valence electrons. The molecule has 1 atom stereocenters. The van der Waals surface area contributed by atoms with E-state index in [0.29, 0.717) is 11.6 Å². The maximum atomic E-state index is 13.0. The highest BCUT2D eigenvalue weighted by molar-refractivity contribution is 6.33. The zero-order valence-electron chi connectivity index (χ0n) is 15.2. The third-order valence-corrected chi connectivity index (χ3v) is 5.51. The second kappa shape index (κ2) is 7.56. The maximum absolute atomic E-state index is 13.0. The number of carbonyl (C=O) groups excluding carboxylic acids is 1. The van der Waals surface area contributed by atoms with Crippen molar-refractivity contribution in [2.24, 2.45) is 0 Å². The fraction of sp³-hybridized carbons (Fsp3) is 0.174.